The number of fused-ring (bicyclic) bond motifs is 1. The van der Waals surface area contributed by atoms with Crippen molar-refractivity contribution in [2.75, 3.05) is 5.32 Å². The Labute approximate surface area is 204 Å². The van der Waals surface area contributed by atoms with Crippen molar-refractivity contribution in [3.8, 4) is 0 Å². The molecular weight excluding hydrogens is 440 g/mol. The van der Waals surface area contributed by atoms with Crippen molar-refractivity contribution < 1.29 is 14.7 Å². The van der Waals surface area contributed by atoms with Crippen molar-refractivity contribution in [3.05, 3.63) is 101 Å². The molecule has 0 saturated carbocycles. The second-order valence-electron chi connectivity index (χ2n) is 8.99. The number of hydrogen-bond donors (Lipinski definition) is 3. The standard InChI is InChI=1S/C28H30N4O3/c1-18(2)25-27(29-17-20-10-5-4-6-11-20)32-14-8-13-22(26(32)31-25)28(35)30-23(16-24(33)34)21-12-7-9-19(3)15-21/h4-15,18,23,29H,16-17H2,1-3H3,(H,30,35)(H,33,34). The number of aryl methyl sites for hydroxylation is 1. The second kappa shape index (κ2) is 10.4. The third-order valence-electron chi connectivity index (χ3n) is 5.90. The van der Waals surface area contributed by atoms with Crippen LogP contribution in [-0.4, -0.2) is 26.4 Å². The number of nitrogens with zero attached hydrogens (tertiary/aromatic N) is 2. The average molecular weight is 471 g/mol. The summed E-state index contributed by atoms with van der Waals surface area (Å²) in [6.45, 7) is 6.69. The molecule has 1 amide bonds. The molecule has 35 heavy (non-hydrogen) atoms. The van der Waals surface area contributed by atoms with Gasteiger partial charge in [0, 0.05) is 12.7 Å². The first kappa shape index (κ1) is 24.0. The summed E-state index contributed by atoms with van der Waals surface area (Å²) in [5.41, 5.74) is 4.68. The zero-order chi connectivity index (χ0) is 24.9. The summed E-state index contributed by atoms with van der Waals surface area (Å²) in [5.74, 6) is -0.367. The van der Waals surface area contributed by atoms with Gasteiger partial charge in [-0.25, -0.2) is 4.98 Å². The number of hydrogen-bond acceptors (Lipinski definition) is 4. The molecule has 3 N–H and O–H groups in total. The van der Waals surface area contributed by atoms with Crippen LogP contribution in [0.1, 0.15) is 65.0 Å². The predicted octanol–water partition coefficient (Wildman–Crippen LogP) is 5.32. The number of aromatic nitrogens is 2. The predicted molar refractivity (Wildman–Crippen MR) is 137 cm³/mol. The van der Waals surface area contributed by atoms with E-state index < -0.39 is 12.0 Å². The Morgan fingerprint density at radius 1 is 1.03 bits per heavy atom. The lowest BCUT2D eigenvalue weighted by atomic mass is 10.0. The summed E-state index contributed by atoms with van der Waals surface area (Å²) in [6, 6.07) is 20.5. The van der Waals surface area contributed by atoms with E-state index in [-0.39, 0.29) is 18.2 Å². The smallest absolute Gasteiger partial charge is 0.305 e. The molecule has 0 spiro atoms. The Morgan fingerprint density at radius 3 is 2.49 bits per heavy atom. The van der Waals surface area contributed by atoms with Crippen molar-refractivity contribution in [1.82, 2.24) is 14.7 Å². The third kappa shape index (κ3) is 5.51. The second-order valence-corrected chi connectivity index (χ2v) is 8.99. The van der Waals surface area contributed by atoms with E-state index in [1.807, 2.05) is 60.0 Å². The molecule has 0 saturated heterocycles. The highest BCUT2D eigenvalue weighted by molar-refractivity contribution is 6.00. The van der Waals surface area contributed by atoms with Gasteiger partial charge in [0.15, 0.2) is 5.65 Å². The quantitative estimate of drug-likeness (QED) is 0.308. The number of carboxylic acid groups (broad SMARTS) is 1. The number of amides is 1. The van der Waals surface area contributed by atoms with E-state index in [0.717, 1.165) is 28.2 Å². The molecule has 1 unspecified atom stereocenters. The third-order valence-corrected chi connectivity index (χ3v) is 5.90. The maximum atomic E-state index is 13.4. The highest BCUT2D eigenvalue weighted by Gasteiger charge is 2.23. The molecule has 0 radical (unpaired) electrons. The normalized spacial score (nSPS) is 12.0. The highest BCUT2D eigenvalue weighted by atomic mass is 16.4. The molecule has 180 valence electrons. The lowest BCUT2D eigenvalue weighted by molar-refractivity contribution is -0.137. The number of rotatable bonds is 9. The van der Waals surface area contributed by atoms with Crippen LogP contribution in [0.5, 0.6) is 0 Å². The topological polar surface area (TPSA) is 95.7 Å². The molecule has 4 aromatic rings. The number of carboxylic acids is 1. The van der Waals surface area contributed by atoms with Gasteiger partial charge in [0.2, 0.25) is 0 Å². The summed E-state index contributed by atoms with van der Waals surface area (Å²) < 4.78 is 1.89. The first-order chi connectivity index (χ1) is 16.8. The molecule has 1 atom stereocenters. The van der Waals surface area contributed by atoms with Gasteiger partial charge in [0.05, 0.1) is 23.7 Å². The number of benzene rings is 2. The van der Waals surface area contributed by atoms with Crippen molar-refractivity contribution in [2.24, 2.45) is 0 Å². The van der Waals surface area contributed by atoms with Crippen LogP contribution in [0.15, 0.2) is 72.9 Å². The van der Waals surface area contributed by atoms with Crippen LogP contribution in [0.4, 0.5) is 5.82 Å². The number of carbonyl (C=O) groups is 2. The van der Waals surface area contributed by atoms with Gasteiger partial charge in [-0.05, 0) is 36.1 Å². The van der Waals surface area contributed by atoms with Crippen LogP contribution >= 0.6 is 0 Å². The molecule has 7 nitrogen and oxygen atoms in total. The number of imidazole rings is 1. The molecule has 4 rings (SSSR count). The van der Waals surface area contributed by atoms with Gasteiger partial charge >= 0.3 is 5.97 Å². The van der Waals surface area contributed by atoms with Crippen LogP contribution in [-0.2, 0) is 11.3 Å². The fourth-order valence-electron chi connectivity index (χ4n) is 4.17. The minimum atomic E-state index is -0.981. The average Bonchev–Trinajstić information content (AvgIpc) is 3.21. The SMILES string of the molecule is Cc1cccc(C(CC(=O)O)NC(=O)c2cccn3c(NCc4ccccc4)c(C(C)C)nc23)c1. The Morgan fingerprint density at radius 2 is 1.80 bits per heavy atom. The maximum Gasteiger partial charge on any atom is 0.305 e. The fourth-order valence-corrected chi connectivity index (χ4v) is 4.17. The summed E-state index contributed by atoms with van der Waals surface area (Å²) in [7, 11) is 0. The van der Waals surface area contributed by atoms with Gasteiger partial charge in [-0.15, -0.1) is 0 Å². The molecule has 0 fully saturated rings. The first-order valence-corrected chi connectivity index (χ1v) is 11.7. The van der Waals surface area contributed by atoms with E-state index in [9.17, 15) is 14.7 Å². The number of pyridine rings is 1. The van der Waals surface area contributed by atoms with Gasteiger partial charge in [-0.3, -0.25) is 14.0 Å². The van der Waals surface area contributed by atoms with Crippen LogP contribution in [0.25, 0.3) is 5.65 Å². The highest BCUT2D eigenvalue weighted by Crippen LogP contribution is 2.28. The molecule has 0 aliphatic carbocycles. The Kier molecular flexibility index (Phi) is 7.15. The van der Waals surface area contributed by atoms with Crippen molar-refractivity contribution in [1.29, 1.82) is 0 Å². The van der Waals surface area contributed by atoms with Gasteiger partial charge < -0.3 is 15.7 Å². The fraction of sp³-hybridized carbons (Fsp3) is 0.250. The van der Waals surface area contributed by atoms with Crippen LogP contribution in [0.3, 0.4) is 0 Å². The Balaban J connectivity index is 1.68. The summed E-state index contributed by atoms with van der Waals surface area (Å²) >= 11 is 0. The Bertz CT molecular complexity index is 1350. The molecule has 2 aromatic carbocycles. The molecule has 0 aliphatic heterocycles. The van der Waals surface area contributed by atoms with E-state index >= 15 is 0 Å². The minimum absolute atomic E-state index is 0.135. The monoisotopic (exact) mass is 470 g/mol. The number of nitrogens with one attached hydrogen (secondary N) is 2. The molecule has 2 heterocycles. The van der Waals surface area contributed by atoms with E-state index in [2.05, 4.69) is 36.6 Å². The van der Waals surface area contributed by atoms with Crippen molar-refractivity contribution in [3.63, 3.8) is 0 Å². The lowest BCUT2D eigenvalue weighted by Crippen LogP contribution is -2.30. The molecule has 7 heteroatoms. The summed E-state index contributed by atoms with van der Waals surface area (Å²) in [4.78, 5) is 29.8. The van der Waals surface area contributed by atoms with E-state index in [1.54, 1.807) is 12.1 Å². The lowest BCUT2D eigenvalue weighted by Gasteiger charge is -2.18. The van der Waals surface area contributed by atoms with Crippen molar-refractivity contribution in [2.45, 2.75) is 45.7 Å². The zero-order valence-electron chi connectivity index (χ0n) is 20.2. The number of carbonyl (C=O) groups excluding carboxylic acids is 1. The summed E-state index contributed by atoms with van der Waals surface area (Å²) in [5, 5.41) is 15.9. The molecular formula is C28H30N4O3. The van der Waals surface area contributed by atoms with Crippen LogP contribution in [0.2, 0.25) is 0 Å². The Hall–Kier alpha value is -4.13. The molecule has 0 aliphatic rings. The minimum Gasteiger partial charge on any atom is -0.481 e. The van der Waals surface area contributed by atoms with Crippen LogP contribution < -0.4 is 10.6 Å². The van der Waals surface area contributed by atoms with Gasteiger partial charge in [-0.2, -0.15) is 0 Å². The van der Waals surface area contributed by atoms with Gasteiger partial charge in [-0.1, -0.05) is 74.0 Å². The molecule has 0 bridgehead atoms. The zero-order valence-corrected chi connectivity index (χ0v) is 20.2. The van der Waals surface area contributed by atoms with Crippen molar-refractivity contribution >= 4 is 23.3 Å². The number of aliphatic carboxylic acids is 1. The van der Waals surface area contributed by atoms with E-state index in [1.165, 1.54) is 0 Å². The summed E-state index contributed by atoms with van der Waals surface area (Å²) in [6.07, 6.45) is 1.67. The molecule has 2 aromatic heterocycles. The maximum absolute atomic E-state index is 13.4. The van der Waals surface area contributed by atoms with E-state index in [4.69, 9.17) is 4.98 Å². The van der Waals surface area contributed by atoms with E-state index in [0.29, 0.717) is 17.8 Å². The van der Waals surface area contributed by atoms with Crippen LogP contribution in [0, 0.1) is 6.92 Å². The van der Waals surface area contributed by atoms with Gasteiger partial charge in [0.1, 0.15) is 5.82 Å². The first-order valence-electron chi connectivity index (χ1n) is 11.7. The largest absolute Gasteiger partial charge is 0.481 e. The van der Waals surface area contributed by atoms with Gasteiger partial charge in [0.25, 0.3) is 5.91 Å². The number of anilines is 1.